The molecule has 1 saturated heterocycles. The van der Waals surface area contributed by atoms with Crippen LogP contribution in [0.2, 0.25) is 0 Å². The van der Waals surface area contributed by atoms with Crippen molar-refractivity contribution >= 4 is 5.91 Å². The van der Waals surface area contributed by atoms with Crippen LogP contribution in [-0.2, 0) is 11.2 Å². The molecule has 1 aliphatic rings. The minimum absolute atomic E-state index is 0.260. The maximum absolute atomic E-state index is 11.3. The lowest BCUT2D eigenvalue weighted by molar-refractivity contribution is -0.125. The zero-order valence-electron chi connectivity index (χ0n) is 9.43. The van der Waals surface area contributed by atoms with E-state index in [1.165, 1.54) is 5.56 Å². The molecular formula is C14H17NO. The Kier molecular flexibility index (Phi) is 3.76. The van der Waals surface area contributed by atoms with E-state index in [-0.39, 0.29) is 5.91 Å². The van der Waals surface area contributed by atoms with Crippen LogP contribution in [0, 0.1) is 0 Å². The highest BCUT2D eigenvalue weighted by Crippen LogP contribution is 2.10. The van der Waals surface area contributed by atoms with E-state index in [1.54, 1.807) is 0 Å². The van der Waals surface area contributed by atoms with Crippen LogP contribution in [0.4, 0.5) is 0 Å². The van der Waals surface area contributed by atoms with Crippen LogP contribution >= 0.6 is 0 Å². The van der Waals surface area contributed by atoms with E-state index >= 15 is 0 Å². The minimum atomic E-state index is 0.260. The van der Waals surface area contributed by atoms with E-state index in [0.29, 0.717) is 6.42 Å². The third kappa shape index (κ3) is 2.96. The molecule has 2 nitrogen and oxygen atoms in total. The van der Waals surface area contributed by atoms with Gasteiger partial charge < -0.3 is 4.90 Å². The van der Waals surface area contributed by atoms with Gasteiger partial charge in [-0.2, -0.15) is 0 Å². The van der Waals surface area contributed by atoms with Gasteiger partial charge in [-0.25, -0.2) is 0 Å². The second kappa shape index (κ2) is 5.50. The standard InChI is InChI=1S/C14H17NO/c16-14-10-6-12-15(14)11-5-4-9-13-7-2-1-3-8-13/h1-3,5,7-8,11H,4,6,9-10,12H2/b11-5+. The Balaban J connectivity index is 1.75. The molecule has 1 aromatic carbocycles. The van der Waals surface area contributed by atoms with Crippen molar-refractivity contribution in [1.82, 2.24) is 4.90 Å². The van der Waals surface area contributed by atoms with Gasteiger partial charge in [0.1, 0.15) is 0 Å². The van der Waals surface area contributed by atoms with Gasteiger partial charge in [0.2, 0.25) is 5.91 Å². The summed E-state index contributed by atoms with van der Waals surface area (Å²) in [5.74, 6) is 0.260. The van der Waals surface area contributed by atoms with Gasteiger partial charge >= 0.3 is 0 Å². The highest BCUT2D eigenvalue weighted by atomic mass is 16.2. The number of benzene rings is 1. The first kappa shape index (κ1) is 10.9. The molecule has 0 atom stereocenters. The molecule has 1 amide bonds. The second-order valence-corrected chi connectivity index (χ2v) is 4.10. The number of hydrogen-bond donors (Lipinski definition) is 0. The Morgan fingerprint density at radius 1 is 1.25 bits per heavy atom. The zero-order valence-corrected chi connectivity index (χ0v) is 9.43. The zero-order chi connectivity index (χ0) is 11.2. The van der Waals surface area contributed by atoms with Crippen molar-refractivity contribution in [3.8, 4) is 0 Å². The first-order valence-electron chi connectivity index (χ1n) is 5.86. The summed E-state index contributed by atoms with van der Waals surface area (Å²) in [5.41, 5.74) is 1.35. The fourth-order valence-electron chi connectivity index (χ4n) is 1.92. The molecule has 2 heteroatoms. The quantitative estimate of drug-likeness (QED) is 0.756. The molecule has 0 unspecified atom stereocenters. The molecule has 1 heterocycles. The Morgan fingerprint density at radius 3 is 2.75 bits per heavy atom. The predicted molar refractivity (Wildman–Crippen MR) is 64.9 cm³/mol. The fraction of sp³-hybridized carbons (Fsp3) is 0.357. The van der Waals surface area contributed by atoms with Crippen LogP contribution in [0.1, 0.15) is 24.8 Å². The summed E-state index contributed by atoms with van der Waals surface area (Å²) in [4.78, 5) is 13.1. The van der Waals surface area contributed by atoms with Gasteiger partial charge in [-0.15, -0.1) is 0 Å². The number of allylic oxidation sites excluding steroid dienone is 1. The summed E-state index contributed by atoms with van der Waals surface area (Å²) in [6.45, 7) is 0.890. The molecule has 1 aliphatic heterocycles. The van der Waals surface area contributed by atoms with Gasteiger partial charge in [0.25, 0.3) is 0 Å². The lowest BCUT2D eigenvalue weighted by Crippen LogP contribution is -2.17. The van der Waals surface area contributed by atoms with Crippen molar-refractivity contribution in [2.45, 2.75) is 25.7 Å². The molecule has 0 spiro atoms. The van der Waals surface area contributed by atoms with Crippen LogP contribution in [-0.4, -0.2) is 17.4 Å². The number of nitrogens with zero attached hydrogens (tertiary/aromatic N) is 1. The molecule has 0 N–H and O–H groups in total. The Morgan fingerprint density at radius 2 is 2.06 bits per heavy atom. The topological polar surface area (TPSA) is 20.3 Å². The highest BCUT2D eigenvalue weighted by molar-refractivity contribution is 5.79. The Hall–Kier alpha value is -1.57. The van der Waals surface area contributed by atoms with E-state index in [1.807, 2.05) is 17.2 Å². The van der Waals surface area contributed by atoms with E-state index in [2.05, 4.69) is 30.3 Å². The van der Waals surface area contributed by atoms with Gasteiger partial charge in [-0.3, -0.25) is 4.79 Å². The Bertz CT molecular complexity index is 370. The number of carbonyl (C=O) groups is 1. The molecule has 0 saturated carbocycles. The molecule has 1 aromatic rings. The molecule has 1 fully saturated rings. The van der Waals surface area contributed by atoms with Crippen molar-refractivity contribution in [2.75, 3.05) is 6.54 Å². The molecule has 0 aliphatic carbocycles. The summed E-state index contributed by atoms with van der Waals surface area (Å²) < 4.78 is 0. The van der Waals surface area contributed by atoms with Crippen molar-refractivity contribution < 1.29 is 4.79 Å². The molecule has 2 rings (SSSR count). The smallest absolute Gasteiger partial charge is 0.226 e. The molecule has 16 heavy (non-hydrogen) atoms. The normalized spacial score (nSPS) is 16.2. The molecule has 0 aromatic heterocycles. The molecular weight excluding hydrogens is 198 g/mol. The maximum atomic E-state index is 11.3. The van der Waals surface area contributed by atoms with Crippen LogP contribution in [0.25, 0.3) is 0 Å². The van der Waals surface area contributed by atoms with Crippen molar-refractivity contribution in [3.05, 3.63) is 48.2 Å². The van der Waals surface area contributed by atoms with E-state index in [9.17, 15) is 4.79 Å². The summed E-state index contributed by atoms with van der Waals surface area (Å²) >= 11 is 0. The minimum Gasteiger partial charge on any atom is -0.319 e. The first-order valence-corrected chi connectivity index (χ1v) is 5.86. The highest BCUT2D eigenvalue weighted by Gasteiger charge is 2.16. The van der Waals surface area contributed by atoms with E-state index in [0.717, 1.165) is 25.8 Å². The van der Waals surface area contributed by atoms with Gasteiger partial charge in [-0.1, -0.05) is 36.4 Å². The molecule has 0 bridgehead atoms. The Labute approximate surface area is 96.6 Å². The molecule has 84 valence electrons. The van der Waals surface area contributed by atoms with Crippen molar-refractivity contribution in [3.63, 3.8) is 0 Å². The van der Waals surface area contributed by atoms with Gasteiger partial charge in [0, 0.05) is 19.2 Å². The summed E-state index contributed by atoms with van der Waals surface area (Å²) in [5, 5.41) is 0. The maximum Gasteiger partial charge on any atom is 0.226 e. The number of hydrogen-bond acceptors (Lipinski definition) is 1. The number of amides is 1. The summed E-state index contributed by atoms with van der Waals surface area (Å²) in [6.07, 6.45) is 7.78. The van der Waals surface area contributed by atoms with E-state index in [4.69, 9.17) is 0 Å². The van der Waals surface area contributed by atoms with E-state index < -0.39 is 0 Å². The second-order valence-electron chi connectivity index (χ2n) is 4.10. The third-order valence-electron chi connectivity index (χ3n) is 2.84. The van der Waals surface area contributed by atoms with Crippen LogP contribution in [0.5, 0.6) is 0 Å². The molecule has 0 radical (unpaired) electrons. The monoisotopic (exact) mass is 215 g/mol. The number of rotatable bonds is 4. The van der Waals surface area contributed by atoms with Gasteiger partial charge in [0.15, 0.2) is 0 Å². The lowest BCUT2D eigenvalue weighted by atomic mass is 10.1. The van der Waals surface area contributed by atoms with Crippen molar-refractivity contribution in [2.24, 2.45) is 0 Å². The van der Waals surface area contributed by atoms with Crippen LogP contribution < -0.4 is 0 Å². The average molecular weight is 215 g/mol. The third-order valence-corrected chi connectivity index (χ3v) is 2.84. The lowest BCUT2D eigenvalue weighted by Gasteiger charge is -2.07. The van der Waals surface area contributed by atoms with Crippen molar-refractivity contribution in [1.29, 1.82) is 0 Å². The summed E-state index contributed by atoms with van der Waals surface area (Å²) in [6, 6.07) is 10.4. The van der Waals surface area contributed by atoms with Gasteiger partial charge in [-0.05, 0) is 24.8 Å². The number of likely N-dealkylation sites (tertiary alicyclic amines) is 1. The van der Waals surface area contributed by atoms with Gasteiger partial charge in [0.05, 0.1) is 0 Å². The average Bonchev–Trinajstić information content (AvgIpc) is 2.72. The van der Waals surface area contributed by atoms with Crippen LogP contribution in [0.3, 0.4) is 0 Å². The fourth-order valence-corrected chi connectivity index (χ4v) is 1.92. The summed E-state index contributed by atoms with van der Waals surface area (Å²) in [7, 11) is 0. The predicted octanol–water partition coefficient (Wildman–Crippen LogP) is 2.76. The largest absolute Gasteiger partial charge is 0.319 e. The number of carbonyl (C=O) groups excluding carboxylic acids is 1. The number of aryl methyl sites for hydroxylation is 1. The first-order chi connectivity index (χ1) is 7.86. The van der Waals surface area contributed by atoms with Crippen LogP contribution in [0.15, 0.2) is 42.6 Å². The SMILES string of the molecule is O=C1CCCN1/C=C/CCc1ccccc1.